The van der Waals surface area contributed by atoms with Crippen molar-refractivity contribution < 1.29 is 33.4 Å². The Labute approximate surface area is 353 Å². The van der Waals surface area contributed by atoms with Crippen molar-refractivity contribution in [3.05, 3.63) is 72.3 Å². The molecule has 2 fully saturated rings. The lowest BCUT2D eigenvalue weighted by molar-refractivity contribution is -0.136. The van der Waals surface area contributed by atoms with E-state index in [0.29, 0.717) is 31.9 Å². The number of aromatic nitrogens is 4. The molecule has 2 saturated heterocycles. The van der Waals surface area contributed by atoms with Crippen LogP contribution >= 0.6 is 0 Å². The average Bonchev–Trinajstić information content (AvgIpc) is 4.09. The molecule has 1 unspecified atom stereocenters. The molecule has 8 rings (SSSR count). The Morgan fingerprint density at radius 1 is 0.705 bits per heavy atom. The van der Waals surface area contributed by atoms with Crippen LogP contribution in [-0.2, 0) is 23.8 Å². The van der Waals surface area contributed by atoms with Gasteiger partial charge in [0.25, 0.3) is 0 Å². The molecule has 15 heteroatoms. The molecule has 320 valence electrons. The lowest BCUT2D eigenvalue weighted by atomic mass is 9.98. The molecule has 15 nitrogen and oxygen atoms in total. The third-order valence-corrected chi connectivity index (χ3v) is 12.3. The molecule has 4 N–H and O–H groups in total. The van der Waals surface area contributed by atoms with Crippen molar-refractivity contribution in [2.45, 2.75) is 71.1 Å². The summed E-state index contributed by atoms with van der Waals surface area (Å²) in [7, 11) is 4.25. The summed E-state index contributed by atoms with van der Waals surface area (Å²) in [6.45, 7) is 9.19. The Balaban J connectivity index is 1.06. The lowest BCUT2D eigenvalue weighted by Gasteiger charge is -2.30. The summed E-state index contributed by atoms with van der Waals surface area (Å²) in [4.78, 5) is 72.9. The molecule has 4 heterocycles. The molecule has 0 aliphatic carbocycles. The van der Waals surface area contributed by atoms with Crippen LogP contribution in [0.2, 0.25) is 0 Å². The van der Waals surface area contributed by atoms with Gasteiger partial charge in [-0.15, -0.1) is 0 Å². The fourth-order valence-electron chi connectivity index (χ4n) is 9.17. The number of hydrogen-bond donors (Lipinski definition) is 4. The molecule has 61 heavy (non-hydrogen) atoms. The SMILES string of the molecule is COCC1C[C@@H](c2nc3c(ccc4cc(-c5ccc6c(ccc7[nH]c([C@@H]8CCCN8C(=O)[C@@H](NC(=O)OC)C(C)C)nc76)c5)ccc43)[nH]2)N(C(=O)[C@@H](NC(=O)OC)C(C)C)C1. The molecule has 0 spiro atoms. The molecule has 2 aromatic heterocycles. The first-order valence-corrected chi connectivity index (χ1v) is 21.0. The highest BCUT2D eigenvalue weighted by Gasteiger charge is 2.42. The highest BCUT2D eigenvalue weighted by atomic mass is 16.5. The van der Waals surface area contributed by atoms with E-state index in [4.69, 9.17) is 24.2 Å². The first-order chi connectivity index (χ1) is 29.4. The fraction of sp³-hybridized carbons (Fsp3) is 0.435. The molecular formula is C46H54N8O7. The van der Waals surface area contributed by atoms with Crippen molar-refractivity contribution in [1.82, 2.24) is 40.4 Å². The van der Waals surface area contributed by atoms with Crippen LogP contribution in [-0.4, -0.2) is 107 Å². The normalized spacial score (nSPS) is 19.1. The third-order valence-electron chi connectivity index (χ3n) is 12.3. The van der Waals surface area contributed by atoms with Gasteiger partial charge in [0.1, 0.15) is 23.7 Å². The summed E-state index contributed by atoms with van der Waals surface area (Å²) in [6, 6.07) is 19.0. The van der Waals surface area contributed by atoms with Crippen LogP contribution in [0.1, 0.15) is 70.7 Å². The smallest absolute Gasteiger partial charge is 0.407 e. The molecule has 0 bridgehead atoms. The highest BCUT2D eigenvalue weighted by molar-refractivity contribution is 6.07. The number of rotatable bonds is 11. The predicted molar refractivity (Wildman–Crippen MR) is 233 cm³/mol. The van der Waals surface area contributed by atoms with Gasteiger partial charge in [-0.05, 0) is 77.3 Å². The number of methoxy groups -OCH3 is 3. The Morgan fingerprint density at radius 2 is 1.21 bits per heavy atom. The Bertz CT molecular complexity index is 2630. The molecule has 5 atom stereocenters. The molecule has 4 amide bonds. The molecule has 0 radical (unpaired) electrons. The van der Waals surface area contributed by atoms with Crippen molar-refractivity contribution in [1.29, 1.82) is 0 Å². The number of carbonyl (C=O) groups excluding carboxylic acids is 4. The number of likely N-dealkylation sites (tertiary alicyclic amines) is 2. The van der Waals surface area contributed by atoms with Gasteiger partial charge in [0.2, 0.25) is 11.8 Å². The van der Waals surface area contributed by atoms with Crippen LogP contribution in [0.15, 0.2) is 60.7 Å². The number of imidazole rings is 2. The second kappa shape index (κ2) is 17.0. The van der Waals surface area contributed by atoms with Crippen molar-refractivity contribution >= 4 is 67.6 Å². The lowest BCUT2D eigenvalue weighted by Crippen LogP contribution is -2.51. The zero-order chi connectivity index (χ0) is 43.1. The van der Waals surface area contributed by atoms with Gasteiger partial charge in [-0.3, -0.25) is 9.59 Å². The quantitative estimate of drug-likeness (QED) is 0.104. The highest BCUT2D eigenvalue weighted by Crippen LogP contribution is 2.39. The number of alkyl carbamates (subject to hydrolysis) is 2. The van der Waals surface area contributed by atoms with Crippen LogP contribution in [0, 0.1) is 17.8 Å². The summed E-state index contributed by atoms with van der Waals surface area (Å²) in [5, 5.41) is 9.53. The summed E-state index contributed by atoms with van der Waals surface area (Å²) >= 11 is 0. The van der Waals surface area contributed by atoms with Crippen molar-refractivity contribution in [3.8, 4) is 11.1 Å². The van der Waals surface area contributed by atoms with E-state index in [9.17, 15) is 19.2 Å². The first-order valence-electron chi connectivity index (χ1n) is 21.0. The maximum Gasteiger partial charge on any atom is 0.407 e. The first kappa shape index (κ1) is 41.5. The Morgan fingerprint density at radius 3 is 1.70 bits per heavy atom. The van der Waals surface area contributed by atoms with Crippen LogP contribution in [0.3, 0.4) is 0 Å². The van der Waals surface area contributed by atoms with Crippen LogP contribution in [0.25, 0.3) is 54.7 Å². The minimum absolute atomic E-state index is 0.111. The largest absolute Gasteiger partial charge is 0.453 e. The van der Waals surface area contributed by atoms with Gasteiger partial charge in [-0.2, -0.15) is 0 Å². The summed E-state index contributed by atoms with van der Waals surface area (Å²) in [5.41, 5.74) is 5.56. The van der Waals surface area contributed by atoms with Crippen LogP contribution in [0.5, 0.6) is 0 Å². The van der Waals surface area contributed by atoms with E-state index < -0.39 is 24.3 Å². The topological polar surface area (TPSA) is 184 Å². The van der Waals surface area contributed by atoms with E-state index in [1.54, 1.807) is 7.11 Å². The van der Waals surface area contributed by atoms with Gasteiger partial charge in [-0.25, -0.2) is 19.6 Å². The van der Waals surface area contributed by atoms with Gasteiger partial charge in [0.15, 0.2) is 0 Å². The monoisotopic (exact) mass is 830 g/mol. The number of benzene rings is 4. The number of nitrogens with one attached hydrogen (secondary N) is 4. The minimum Gasteiger partial charge on any atom is -0.453 e. The zero-order valence-corrected chi connectivity index (χ0v) is 35.7. The molecular weight excluding hydrogens is 777 g/mol. The van der Waals surface area contributed by atoms with E-state index in [2.05, 4.69) is 69.1 Å². The average molecular weight is 831 g/mol. The van der Waals surface area contributed by atoms with E-state index in [-0.39, 0.29) is 41.7 Å². The number of aromatic amines is 2. The van der Waals surface area contributed by atoms with E-state index in [0.717, 1.165) is 73.4 Å². The number of hydrogen-bond acceptors (Lipinski definition) is 9. The third kappa shape index (κ3) is 7.94. The summed E-state index contributed by atoms with van der Waals surface area (Å²) < 4.78 is 15.1. The van der Waals surface area contributed by atoms with Gasteiger partial charge >= 0.3 is 12.2 Å². The second-order valence-corrected chi connectivity index (χ2v) is 17.0. The molecule has 6 aromatic rings. The van der Waals surface area contributed by atoms with Crippen LogP contribution < -0.4 is 10.6 Å². The van der Waals surface area contributed by atoms with E-state index in [1.165, 1.54) is 14.2 Å². The molecule has 0 saturated carbocycles. The van der Waals surface area contributed by atoms with Crippen molar-refractivity contribution in [3.63, 3.8) is 0 Å². The number of carbonyl (C=O) groups is 4. The zero-order valence-electron chi connectivity index (χ0n) is 35.7. The number of nitrogens with zero attached hydrogens (tertiary/aromatic N) is 4. The van der Waals surface area contributed by atoms with Crippen molar-refractivity contribution in [2.75, 3.05) is 41.0 Å². The van der Waals surface area contributed by atoms with Gasteiger partial charge in [0, 0.05) is 36.9 Å². The summed E-state index contributed by atoms with van der Waals surface area (Å²) in [5.74, 6) is 0.950. The van der Waals surface area contributed by atoms with Crippen LogP contribution in [0.4, 0.5) is 9.59 Å². The minimum atomic E-state index is -0.750. The second-order valence-electron chi connectivity index (χ2n) is 17.0. The number of ether oxygens (including phenoxy) is 3. The summed E-state index contributed by atoms with van der Waals surface area (Å²) in [6.07, 6.45) is 1.01. The maximum atomic E-state index is 14.0. The molecule has 2 aliphatic rings. The Kier molecular flexibility index (Phi) is 11.6. The van der Waals surface area contributed by atoms with Gasteiger partial charge in [0.05, 0.1) is 55.0 Å². The van der Waals surface area contributed by atoms with Crippen molar-refractivity contribution in [2.24, 2.45) is 17.8 Å². The standard InChI is InChI=1S/C46H54N8O7/c1-24(2)37(51-45(57)60-6)43(55)53-18-8-9-35(53)41-47-33-16-12-29-20-27(10-14-31(29)39(33)49-41)28-11-15-32-30(21-28)13-17-34-40(32)50-42(48-34)36-19-26(23-59-5)22-54(36)44(56)38(25(3)4)52-46(58)61-7/h10-17,20-21,24-26,35-38H,8-9,18-19,22-23H2,1-7H3,(H,47,49)(H,48,50)(H,51,57)(H,52,58)/t26?,35-,36-,37-,38-/m0/s1. The van der Waals surface area contributed by atoms with E-state index in [1.807, 2.05) is 49.6 Å². The molecule has 4 aromatic carbocycles. The number of amides is 4. The fourth-order valence-corrected chi connectivity index (χ4v) is 9.17. The molecule has 2 aliphatic heterocycles. The predicted octanol–water partition coefficient (Wildman–Crippen LogP) is 7.37. The maximum absolute atomic E-state index is 14.0. The number of fused-ring (bicyclic) bond motifs is 6. The number of H-pyrrole nitrogens is 2. The van der Waals surface area contributed by atoms with Gasteiger partial charge < -0.3 is 44.6 Å². The van der Waals surface area contributed by atoms with E-state index >= 15 is 0 Å². The van der Waals surface area contributed by atoms with Gasteiger partial charge in [-0.1, -0.05) is 64.1 Å². The Hall–Kier alpha value is -6.22.